The predicted octanol–water partition coefficient (Wildman–Crippen LogP) is 1.43. The van der Waals surface area contributed by atoms with E-state index in [0.717, 1.165) is 57.1 Å². The number of aliphatic hydroxyl groups excluding tert-OH is 1. The molecule has 0 unspecified atom stereocenters. The van der Waals surface area contributed by atoms with Gasteiger partial charge >= 0.3 is 0 Å². The fourth-order valence-corrected chi connectivity index (χ4v) is 3.71. The van der Waals surface area contributed by atoms with Crippen molar-refractivity contribution in [3.8, 4) is 5.75 Å². The fourth-order valence-electron chi connectivity index (χ4n) is 3.71. The largest absolute Gasteiger partial charge is 0.489 e. The first kappa shape index (κ1) is 18.4. The van der Waals surface area contributed by atoms with Crippen molar-refractivity contribution in [1.29, 1.82) is 0 Å². The highest BCUT2D eigenvalue weighted by atomic mass is 16.5. The van der Waals surface area contributed by atoms with E-state index in [1.165, 1.54) is 5.56 Å². The summed E-state index contributed by atoms with van der Waals surface area (Å²) in [5.74, 6) is 0.919. The molecule has 5 nitrogen and oxygen atoms in total. The van der Waals surface area contributed by atoms with Gasteiger partial charge in [-0.25, -0.2) is 0 Å². The molecule has 0 spiro atoms. The van der Waals surface area contributed by atoms with Gasteiger partial charge in [-0.3, -0.25) is 9.80 Å². The number of aliphatic hydroxyl groups is 1. The number of β-amino-alcohol motifs (C(OH)–C–C–N with tert-alkyl or cyclic N) is 1. The van der Waals surface area contributed by atoms with Gasteiger partial charge in [0.25, 0.3) is 0 Å². The molecule has 0 saturated carbocycles. The summed E-state index contributed by atoms with van der Waals surface area (Å²) in [5, 5.41) is 10.6. The van der Waals surface area contributed by atoms with Crippen LogP contribution in [0.15, 0.2) is 36.4 Å². The quantitative estimate of drug-likeness (QED) is 0.790. The molecule has 0 radical (unpaired) electrons. The average Bonchev–Trinajstić information content (AvgIpc) is 2.95. The molecule has 2 saturated heterocycles. The Balaban J connectivity index is 1.60. The van der Waals surface area contributed by atoms with E-state index in [0.29, 0.717) is 6.61 Å². The third-order valence-corrected chi connectivity index (χ3v) is 5.18. The minimum Gasteiger partial charge on any atom is -0.489 e. The smallest absolute Gasteiger partial charge is 0.124 e. The van der Waals surface area contributed by atoms with Crippen molar-refractivity contribution in [2.45, 2.75) is 25.6 Å². The SMILES string of the molecule is C=C(C)COc1ccccc1CN1C[C@@H](O)[C@H](N2CCN(C)CC2)C1. The normalized spacial score (nSPS) is 26.0. The minimum atomic E-state index is -0.271. The van der Waals surface area contributed by atoms with Crippen molar-refractivity contribution in [3.05, 3.63) is 42.0 Å². The Bertz CT molecular complexity index is 584. The van der Waals surface area contributed by atoms with Gasteiger partial charge in [-0.1, -0.05) is 24.8 Å². The highest BCUT2D eigenvalue weighted by molar-refractivity contribution is 5.33. The molecule has 1 aromatic rings. The number of nitrogens with zero attached hydrogens (tertiary/aromatic N) is 3. The second kappa shape index (κ2) is 8.32. The molecule has 5 heteroatoms. The number of likely N-dealkylation sites (tertiary alicyclic amines) is 1. The third-order valence-electron chi connectivity index (χ3n) is 5.18. The van der Waals surface area contributed by atoms with Gasteiger partial charge in [0.05, 0.1) is 6.10 Å². The van der Waals surface area contributed by atoms with Crippen LogP contribution in [0.5, 0.6) is 5.75 Å². The topological polar surface area (TPSA) is 39.2 Å². The lowest BCUT2D eigenvalue weighted by molar-refractivity contribution is 0.0512. The van der Waals surface area contributed by atoms with E-state index in [9.17, 15) is 5.11 Å². The number of para-hydroxylation sites is 1. The molecule has 1 aromatic carbocycles. The molecule has 0 amide bonds. The van der Waals surface area contributed by atoms with Crippen LogP contribution in [0, 0.1) is 0 Å². The van der Waals surface area contributed by atoms with Crippen LogP contribution in [-0.4, -0.2) is 84.9 Å². The van der Waals surface area contributed by atoms with E-state index in [2.05, 4.69) is 34.4 Å². The molecular formula is C20H31N3O2. The Morgan fingerprint density at radius 1 is 1.20 bits per heavy atom. The lowest BCUT2D eigenvalue weighted by Crippen LogP contribution is -2.52. The molecule has 25 heavy (non-hydrogen) atoms. The van der Waals surface area contributed by atoms with Crippen molar-refractivity contribution in [1.82, 2.24) is 14.7 Å². The van der Waals surface area contributed by atoms with Crippen LogP contribution in [0.4, 0.5) is 0 Å². The zero-order valence-electron chi connectivity index (χ0n) is 15.5. The molecule has 3 rings (SSSR count). The lowest BCUT2D eigenvalue weighted by Gasteiger charge is -2.37. The maximum atomic E-state index is 10.6. The molecule has 2 atom stereocenters. The van der Waals surface area contributed by atoms with E-state index < -0.39 is 0 Å². The first-order valence-corrected chi connectivity index (χ1v) is 9.21. The molecule has 1 N–H and O–H groups in total. The van der Waals surface area contributed by atoms with Crippen molar-refractivity contribution >= 4 is 0 Å². The highest BCUT2D eigenvalue weighted by Gasteiger charge is 2.36. The molecular weight excluding hydrogens is 314 g/mol. The summed E-state index contributed by atoms with van der Waals surface area (Å²) in [6, 6.07) is 8.43. The predicted molar refractivity (Wildman–Crippen MR) is 101 cm³/mol. The van der Waals surface area contributed by atoms with Crippen LogP contribution in [0.1, 0.15) is 12.5 Å². The first-order chi connectivity index (χ1) is 12.0. The number of rotatable bonds is 6. The second-order valence-electron chi connectivity index (χ2n) is 7.52. The van der Waals surface area contributed by atoms with E-state index in [1.54, 1.807) is 0 Å². The van der Waals surface area contributed by atoms with Gasteiger partial charge in [0, 0.05) is 57.4 Å². The average molecular weight is 345 g/mol. The maximum Gasteiger partial charge on any atom is 0.124 e. The Hall–Kier alpha value is -1.40. The van der Waals surface area contributed by atoms with Gasteiger partial charge in [0.2, 0.25) is 0 Å². The van der Waals surface area contributed by atoms with Crippen LogP contribution in [0.3, 0.4) is 0 Å². The van der Waals surface area contributed by atoms with E-state index in [1.807, 2.05) is 25.1 Å². The first-order valence-electron chi connectivity index (χ1n) is 9.21. The minimum absolute atomic E-state index is 0.247. The van der Waals surface area contributed by atoms with Gasteiger partial charge in [-0.05, 0) is 25.6 Å². The summed E-state index contributed by atoms with van der Waals surface area (Å²) in [6.07, 6.45) is -0.271. The van der Waals surface area contributed by atoms with Crippen LogP contribution in [0.2, 0.25) is 0 Å². The molecule has 138 valence electrons. The van der Waals surface area contributed by atoms with Gasteiger partial charge < -0.3 is 14.7 Å². The number of benzene rings is 1. The third kappa shape index (κ3) is 4.82. The summed E-state index contributed by atoms with van der Waals surface area (Å²) in [4.78, 5) is 7.15. The van der Waals surface area contributed by atoms with Crippen LogP contribution >= 0.6 is 0 Å². The Morgan fingerprint density at radius 3 is 2.64 bits per heavy atom. The number of piperazine rings is 1. The summed E-state index contributed by atoms with van der Waals surface area (Å²) >= 11 is 0. The van der Waals surface area contributed by atoms with Gasteiger partial charge in [0.15, 0.2) is 0 Å². The fraction of sp³-hybridized carbons (Fsp3) is 0.600. The highest BCUT2D eigenvalue weighted by Crippen LogP contribution is 2.24. The summed E-state index contributed by atoms with van der Waals surface area (Å²) < 4.78 is 5.89. The standard InChI is InChI=1S/C20H31N3O2/c1-16(2)15-25-20-7-5-4-6-17(20)12-22-13-18(19(24)14-22)23-10-8-21(3)9-11-23/h4-7,18-19,24H,1,8-15H2,2-3H3/t18-,19-/m1/s1. The molecule has 0 aliphatic carbocycles. The van der Waals surface area contributed by atoms with E-state index in [-0.39, 0.29) is 12.1 Å². The maximum absolute atomic E-state index is 10.6. The Labute approximate surface area is 151 Å². The summed E-state index contributed by atoms with van der Waals surface area (Å²) in [5.41, 5.74) is 2.19. The molecule has 2 aliphatic heterocycles. The molecule has 2 fully saturated rings. The monoisotopic (exact) mass is 345 g/mol. The second-order valence-corrected chi connectivity index (χ2v) is 7.52. The summed E-state index contributed by atoms with van der Waals surface area (Å²) in [6.45, 7) is 13.1. The van der Waals surface area contributed by atoms with Crippen molar-refractivity contribution in [3.63, 3.8) is 0 Å². The molecule has 0 aromatic heterocycles. The van der Waals surface area contributed by atoms with Crippen molar-refractivity contribution < 1.29 is 9.84 Å². The van der Waals surface area contributed by atoms with Gasteiger partial charge in [0.1, 0.15) is 12.4 Å². The summed E-state index contributed by atoms with van der Waals surface area (Å²) in [7, 11) is 2.16. The van der Waals surface area contributed by atoms with E-state index >= 15 is 0 Å². The van der Waals surface area contributed by atoms with E-state index in [4.69, 9.17) is 4.74 Å². The van der Waals surface area contributed by atoms with Crippen LogP contribution < -0.4 is 4.74 Å². The lowest BCUT2D eigenvalue weighted by atomic mass is 10.1. The number of hydrogen-bond acceptors (Lipinski definition) is 5. The molecule has 0 bridgehead atoms. The molecule has 2 aliphatic rings. The molecule has 2 heterocycles. The number of likely N-dealkylation sites (N-methyl/N-ethyl adjacent to an activating group) is 1. The number of hydrogen-bond donors (Lipinski definition) is 1. The van der Waals surface area contributed by atoms with Crippen LogP contribution in [0.25, 0.3) is 0 Å². The Morgan fingerprint density at radius 2 is 1.92 bits per heavy atom. The van der Waals surface area contributed by atoms with Crippen molar-refractivity contribution in [2.75, 3.05) is 52.9 Å². The van der Waals surface area contributed by atoms with Gasteiger partial charge in [-0.2, -0.15) is 0 Å². The number of ether oxygens (including phenoxy) is 1. The van der Waals surface area contributed by atoms with Crippen LogP contribution in [-0.2, 0) is 6.54 Å². The van der Waals surface area contributed by atoms with Crippen molar-refractivity contribution in [2.24, 2.45) is 0 Å². The van der Waals surface area contributed by atoms with Gasteiger partial charge in [-0.15, -0.1) is 0 Å². The Kier molecular flexibility index (Phi) is 6.12. The zero-order valence-corrected chi connectivity index (χ0v) is 15.5. The zero-order chi connectivity index (χ0) is 17.8.